The van der Waals surface area contributed by atoms with Crippen molar-refractivity contribution in [1.82, 2.24) is 5.32 Å². The number of nitrogens with one attached hydrogen (secondary N) is 1. The molecule has 1 rings (SSSR count). The molecule has 1 unspecified atom stereocenters. The first kappa shape index (κ1) is 17.0. The predicted octanol–water partition coefficient (Wildman–Crippen LogP) is 5.83. The Labute approximate surface area is 121 Å². The second-order valence-corrected chi connectivity index (χ2v) is 6.54. The van der Waals surface area contributed by atoms with Crippen LogP contribution >= 0.6 is 0 Å². The van der Waals surface area contributed by atoms with Gasteiger partial charge in [0.1, 0.15) is 0 Å². The molecule has 0 radical (unpaired) electrons. The molecule has 1 saturated carbocycles. The molecule has 1 fully saturated rings. The van der Waals surface area contributed by atoms with E-state index in [-0.39, 0.29) is 0 Å². The first-order chi connectivity index (χ1) is 9.36. The fourth-order valence-electron chi connectivity index (χ4n) is 3.37. The van der Waals surface area contributed by atoms with Crippen LogP contribution in [0, 0.1) is 0 Å². The molecule has 1 N–H and O–H groups in total. The Kier molecular flexibility index (Phi) is 10.5. The summed E-state index contributed by atoms with van der Waals surface area (Å²) in [6, 6.07) is 1.67. The van der Waals surface area contributed by atoms with E-state index in [2.05, 4.69) is 19.2 Å². The SMILES string of the molecule is CCCCCCCC(CCCCC)NC1CCCC1. The molecule has 1 aliphatic rings. The topological polar surface area (TPSA) is 12.0 Å². The van der Waals surface area contributed by atoms with E-state index >= 15 is 0 Å². The Hall–Kier alpha value is -0.0400. The lowest BCUT2D eigenvalue weighted by atomic mass is 10.00. The number of unbranched alkanes of at least 4 members (excludes halogenated alkanes) is 6. The molecule has 1 atom stereocenters. The van der Waals surface area contributed by atoms with Crippen molar-refractivity contribution in [2.75, 3.05) is 0 Å². The lowest BCUT2D eigenvalue weighted by Gasteiger charge is -2.23. The summed E-state index contributed by atoms with van der Waals surface area (Å²) in [6.45, 7) is 4.61. The summed E-state index contributed by atoms with van der Waals surface area (Å²) < 4.78 is 0. The quantitative estimate of drug-likeness (QED) is 0.439. The Morgan fingerprint density at radius 2 is 1.32 bits per heavy atom. The third-order valence-electron chi connectivity index (χ3n) is 4.64. The summed E-state index contributed by atoms with van der Waals surface area (Å²) in [6.07, 6.45) is 19.9. The molecular weight excluding hydrogens is 230 g/mol. The summed E-state index contributed by atoms with van der Waals surface area (Å²) in [5.41, 5.74) is 0. The zero-order valence-electron chi connectivity index (χ0n) is 13.6. The summed E-state index contributed by atoms with van der Waals surface area (Å²) in [4.78, 5) is 0. The average Bonchev–Trinajstić information content (AvgIpc) is 2.91. The van der Waals surface area contributed by atoms with Crippen LogP contribution in [-0.4, -0.2) is 12.1 Å². The van der Waals surface area contributed by atoms with Gasteiger partial charge in [-0.15, -0.1) is 0 Å². The van der Waals surface area contributed by atoms with Crippen molar-refractivity contribution in [2.45, 2.75) is 116 Å². The van der Waals surface area contributed by atoms with Gasteiger partial charge < -0.3 is 5.32 Å². The van der Waals surface area contributed by atoms with Crippen LogP contribution in [0.25, 0.3) is 0 Å². The Morgan fingerprint density at radius 1 is 0.789 bits per heavy atom. The highest BCUT2D eigenvalue weighted by atomic mass is 14.9. The van der Waals surface area contributed by atoms with Crippen LogP contribution in [0.1, 0.15) is 104 Å². The van der Waals surface area contributed by atoms with Gasteiger partial charge in [-0.3, -0.25) is 0 Å². The third-order valence-corrected chi connectivity index (χ3v) is 4.64. The largest absolute Gasteiger partial charge is 0.311 e. The highest BCUT2D eigenvalue weighted by Gasteiger charge is 2.18. The molecule has 0 saturated heterocycles. The molecule has 0 aliphatic heterocycles. The van der Waals surface area contributed by atoms with E-state index in [4.69, 9.17) is 0 Å². The second kappa shape index (κ2) is 11.8. The highest BCUT2D eigenvalue weighted by Crippen LogP contribution is 2.21. The maximum Gasteiger partial charge on any atom is 0.00696 e. The van der Waals surface area contributed by atoms with E-state index in [1.807, 2.05) is 0 Å². The minimum absolute atomic E-state index is 0.816. The van der Waals surface area contributed by atoms with E-state index in [1.165, 1.54) is 89.9 Å². The van der Waals surface area contributed by atoms with Gasteiger partial charge in [0.2, 0.25) is 0 Å². The summed E-state index contributed by atoms with van der Waals surface area (Å²) >= 11 is 0. The molecule has 0 bridgehead atoms. The van der Waals surface area contributed by atoms with Crippen LogP contribution in [0.15, 0.2) is 0 Å². The van der Waals surface area contributed by atoms with Crippen molar-refractivity contribution in [3.05, 3.63) is 0 Å². The van der Waals surface area contributed by atoms with E-state index in [0.29, 0.717) is 0 Å². The van der Waals surface area contributed by atoms with E-state index in [1.54, 1.807) is 0 Å². The molecule has 0 spiro atoms. The molecule has 0 heterocycles. The highest BCUT2D eigenvalue weighted by molar-refractivity contribution is 4.78. The van der Waals surface area contributed by atoms with Gasteiger partial charge in [-0.05, 0) is 25.7 Å². The molecule has 1 nitrogen and oxygen atoms in total. The fraction of sp³-hybridized carbons (Fsp3) is 1.00. The van der Waals surface area contributed by atoms with E-state index < -0.39 is 0 Å². The molecule has 0 aromatic carbocycles. The summed E-state index contributed by atoms with van der Waals surface area (Å²) in [7, 11) is 0. The summed E-state index contributed by atoms with van der Waals surface area (Å²) in [5.74, 6) is 0. The van der Waals surface area contributed by atoms with Crippen molar-refractivity contribution in [1.29, 1.82) is 0 Å². The van der Waals surface area contributed by atoms with E-state index in [0.717, 1.165) is 12.1 Å². The van der Waals surface area contributed by atoms with Crippen LogP contribution < -0.4 is 5.32 Å². The third kappa shape index (κ3) is 8.68. The van der Waals surface area contributed by atoms with Crippen molar-refractivity contribution in [2.24, 2.45) is 0 Å². The molecule has 114 valence electrons. The van der Waals surface area contributed by atoms with Crippen LogP contribution in [0.3, 0.4) is 0 Å². The molecule has 1 heteroatoms. The van der Waals surface area contributed by atoms with Crippen LogP contribution in [0.2, 0.25) is 0 Å². The van der Waals surface area contributed by atoms with Gasteiger partial charge in [0.25, 0.3) is 0 Å². The second-order valence-electron chi connectivity index (χ2n) is 6.54. The molecule has 0 amide bonds. The van der Waals surface area contributed by atoms with Crippen LogP contribution in [0.4, 0.5) is 0 Å². The lowest BCUT2D eigenvalue weighted by Crippen LogP contribution is -2.36. The molecule has 19 heavy (non-hydrogen) atoms. The Bertz CT molecular complexity index is 184. The van der Waals surface area contributed by atoms with E-state index in [9.17, 15) is 0 Å². The van der Waals surface area contributed by atoms with Crippen LogP contribution in [-0.2, 0) is 0 Å². The van der Waals surface area contributed by atoms with Crippen molar-refractivity contribution in [3.8, 4) is 0 Å². The summed E-state index contributed by atoms with van der Waals surface area (Å²) in [5, 5.41) is 3.97. The molecule has 0 aromatic rings. The Morgan fingerprint density at radius 3 is 1.95 bits per heavy atom. The van der Waals surface area contributed by atoms with Crippen molar-refractivity contribution in [3.63, 3.8) is 0 Å². The smallest absolute Gasteiger partial charge is 0.00696 e. The standard InChI is InChI=1S/C18H37N/c1-3-5-7-8-10-14-17(13-9-6-4-2)19-18-15-11-12-16-18/h17-19H,3-16H2,1-2H3. The van der Waals surface area contributed by atoms with Gasteiger partial charge in [-0.25, -0.2) is 0 Å². The maximum atomic E-state index is 3.97. The van der Waals surface area contributed by atoms with Crippen molar-refractivity contribution >= 4 is 0 Å². The minimum atomic E-state index is 0.816. The molecule has 1 aliphatic carbocycles. The van der Waals surface area contributed by atoms with Crippen molar-refractivity contribution < 1.29 is 0 Å². The minimum Gasteiger partial charge on any atom is -0.311 e. The van der Waals surface area contributed by atoms with Gasteiger partial charge in [0, 0.05) is 12.1 Å². The maximum absolute atomic E-state index is 3.97. The first-order valence-corrected chi connectivity index (χ1v) is 9.12. The monoisotopic (exact) mass is 267 g/mol. The Balaban J connectivity index is 2.14. The predicted molar refractivity (Wildman–Crippen MR) is 86.7 cm³/mol. The number of hydrogen-bond donors (Lipinski definition) is 1. The lowest BCUT2D eigenvalue weighted by molar-refractivity contribution is 0.369. The average molecular weight is 268 g/mol. The van der Waals surface area contributed by atoms with Crippen LogP contribution in [0.5, 0.6) is 0 Å². The van der Waals surface area contributed by atoms with Gasteiger partial charge in [0.05, 0.1) is 0 Å². The molecule has 0 aromatic heterocycles. The first-order valence-electron chi connectivity index (χ1n) is 9.12. The number of rotatable bonds is 12. The zero-order chi connectivity index (χ0) is 13.8. The van der Waals surface area contributed by atoms with Gasteiger partial charge >= 0.3 is 0 Å². The van der Waals surface area contributed by atoms with Gasteiger partial charge in [0.15, 0.2) is 0 Å². The molecular formula is C18H37N. The van der Waals surface area contributed by atoms with Gasteiger partial charge in [-0.1, -0.05) is 78.1 Å². The fourth-order valence-corrected chi connectivity index (χ4v) is 3.37. The zero-order valence-corrected chi connectivity index (χ0v) is 13.6. The normalized spacial score (nSPS) is 18.0. The number of hydrogen-bond acceptors (Lipinski definition) is 1. The van der Waals surface area contributed by atoms with Gasteiger partial charge in [-0.2, -0.15) is 0 Å².